The quantitative estimate of drug-likeness (QED) is 0.751. The fourth-order valence-electron chi connectivity index (χ4n) is 3.57. The Bertz CT molecular complexity index is 934. The van der Waals surface area contributed by atoms with E-state index in [1.807, 2.05) is 0 Å². The highest BCUT2D eigenvalue weighted by molar-refractivity contribution is 7.03. The van der Waals surface area contributed by atoms with Gasteiger partial charge in [-0.1, -0.05) is 6.92 Å². The van der Waals surface area contributed by atoms with Gasteiger partial charge >= 0.3 is 12.2 Å². The number of Topliss-reactive ketones (excluding diaryl/α,β-unsaturated/α-hetero) is 1. The number of amides is 2. The van der Waals surface area contributed by atoms with Crippen molar-refractivity contribution in [3.63, 3.8) is 0 Å². The Morgan fingerprint density at radius 1 is 1.34 bits per heavy atom. The van der Waals surface area contributed by atoms with E-state index in [1.165, 1.54) is 22.5 Å². The highest BCUT2D eigenvalue weighted by atomic mass is 32.1. The minimum atomic E-state index is -4.45. The number of hydrogen-bond acceptors (Lipinski definition) is 6. The van der Waals surface area contributed by atoms with E-state index >= 15 is 0 Å². The average Bonchev–Trinajstić information content (AvgIpc) is 3.31. The summed E-state index contributed by atoms with van der Waals surface area (Å²) in [6, 6.07) is 4.19. The van der Waals surface area contributed by atoms with Crippen LogP contribution in [0.5, 0.6) is 0 Å². The molecule has 29 heavy (non-hydrogen) atoms. The minimum Gasteiger partial charge on any atom is -0.366 e. The van der Waals surface area contributed by atoms with Crippen LogP contribution in [0, 0.1) is 5.92 Å². The molecule has 0 radical (unpaired) electrons. The van der Waals surface area contributed by atoms with Crippen molar-refractivity contribution >= 4 is 40.7 Å². The normalized spacial score (nSPS) is 19.1. The van der Waals surface area contributed by atoms with Gasteiger partial charge in [-0.15, -0.1) is 0 Å². The maximum Gasteiger partial charge on any atom is 0.391 e. The van der Waals surface area contributed by atoms with E-state index in [2.05, 4.69) is 19.6 Å². The lowest BCUT2D eigenvalue weighted by molar-refractivity contribution is -0.168. The molecule has 2 amide bonds. The van der Waals surface area contributed by atoms with Gasteiger partial charge in [-0.3, -0.25) is 15.0 Å². The molecule has 0 saturated carbocycles. The Morgan fingerprint density at radius 3 is 2.83 bits per heavy atom. The second-order valence-electron chi connectivity index (χ2n) is 7.18. The molecule has 7 nitrogen and oxygen atoms in total. The Hall–Kier alpha value is -2.69. The third kappa shape index (κ3) is 3.78. The van der Waals surface area contributed by atoms with Gasteiger partial charge < -0.3 is 4.90 Å². The van der Waals surface area contributed by atoms with Gasteiger partial charge in [0.2, 0.25) is 0 Å². The molecule has 11 heteroatoms. The van der Waals surface area contributed by atoms with E-state index in [4.69, 9.17) is 0 Å². The molecule has 2 aromatic rings. The summed E-state index contributed by atoms with van der Waals surface area (Å²) in [6.07, 6.45) is -4.41. The SMILES string of the molecule is C[C@@H](CC(=O)c1ccc2c(n1)N(C(=O)Nc1ccsn1)[C@H]1CCN2C1)C(F)(F)F. The highest BCUT2D eigenvalue weighted by Crippen LogP contribution is 2.39. The Morgan fingerprint density at radius 2 is 2.14 bits per heavy atom. The van der Waals surface area contributed by atoms with Gasteiger partial charge in [0.15, 0.2) is 11.6 Å². The van der Waals surface area contributed by atoms with Crippen molar-refractivity contribution in [3.05, 3.63) is 29.3 Å². The predicted molar refractivity (Wildman–Crippen MR) is 103 cm³/mol. The van der Waals surface area contributed by atoms with E-state index in [1.54, 1.807) is 17.5 Å². The topological polar surface area (TPSA) is 78.4 Å². The minimum absolute atomic E-state index is 0.0752. The number of ketones is 1. The van der Waals surface area contributed by atoms with Crippen LogP contribution in [0.1, 0.15) is 30.3 Å². The van der Waals surface area contributed by atoms with E-state index in [0.717, 1.165) is 19.9 Å². The number of aromatic nitrogens is 2. The molecule has 154 valence electrons. The summed E-state index contributed by atoms with van der Waals surface area (Å²) < 4.78 is 42.5. The molecule has 2 aliphatic rings. The number of rotatable bonds is 4. The number of fused-ring (bicyclic) bond motifs is 4. The summed E-state index contributed by atoms with van der Waals surface area (Å²) in [6.45, 7) is 2.34. The zero-order valence-electron chi connectivity index (χ0n) is 15.4. The standard InChI is InChI=1S/C18H18F3N5O2S/c1-10(18(19,20)21)8-14(27)12-2-3-13-16(22-12)26(11-4-6-25(13)9-11)17(28)23-15-5-7-29-24-15/h2-3,5,7,10-11H,4,6,8-9H2,1H3,(H,23,24,28)/t10-,11-/m0/s1. The lowest BCUT2D eigenvalue weighted by Crippen LogP contribution is -2.48. The molecular weight excluding hydrogens is 407 g/mol. The third-order valence-corrected chi connectivity index (χ3v) is 5.74. The molecule has 2 atom stereocenters. The van der Waals surface area contributed by atoms with Gasteiger partial charge in [0, 0.05) is 24.9 Å². The van der Waals surface area contributed by atoms with E-state index in [-0.39, 0.29) is 17.6 Å². The van der Waals surface area contributed by atoms with Crippen molar-refractivity contribution in [2.75, 3.05) is 28.2 Å². The molecule has 1 fully saturated rings. The van der Waals surface area contributed by atoms with Crippen LogP contribution in [0.15, 0.2) is 23.6 Å². The molecule has 1 saturated heterocycles. The monoisotopic (exact) mass is 425 g/mol. The molecule has 0 spiro atoms. The second kappa shape index (κ2) is 7.29. The third-order valence-electron chi connectivity index (χ3n) is 5.18. The van der Waals surface area contributed by atoms with Crippen LogP contribution in [0.4, 0.5) is 35.3 Å². The van der Waals surface area contributed by atoms with Crippen molar-refractivity contribution in [2.45, 2.75) is 32.0 Å². The van der Waals surface area contributed by atoms with Crippen LogP contribution >= 0.6 is 11.5 Å². The number of hydrogen-bond donors (Lipinski definition) is 1. The first-order valence-electron chi connectivity index (χ1n) is 9.10. The lowest BCUT2D eigenvalue weighted by atomic mass is 10.0. The predicted octanol–water partition coefficient (Wildman–Crippen LogP) is 3.94. The number of nitrogens with one attached hydrogen (secondary N) is 1. The second-order valence-corrected chi connectivity index (χ2v) is 7.85. The van der Waals surface area contributed by atoms with Crippen LogP contribution in [0.3, 0.4) is 0 Å². The molecule has 0 aliphatic carbocycles. The molecule has 2 aromatic heterocycles. The maximum atomic E-state index is 12.9. The number of pyridine rings is 1. The fraction of sp³-hybridized carbons (Fsp3) is 0.444. The number of carbonyl (C=O) groups excluding carboxylic acids is 2. The van der Waals surface area contributed by atoms with Gasteiger partial charge in [0.05, 0.1) is 17.6 Å². The van der Waals surface area contributed by atoms with E-state index in [0.29, 0.717) is 18.1 Å². The fourth-order valence-corrected chi connectivity index (χ4v) is 4.04. The van der Waals surface area contributed by atoms with Gasteiger partial charge in [-0.05, 0) is 36.2 Å². The van der Waals surface area contributed by atoms with Crippen LogP contribution in [0.2, 0.25) is 0 Å². The maximum absolute atomic E-state index is 12.9. The molecular formula is C18H18F3N5O2S. The van der Waals surface area contributed by atoms with Crippen LogP contribution in [0.25, 0.3) is 0 Å². The molecule has 2 bridgehead atoms. The van der Waals surface area contributed by atoms with Crippen molar-refractivity contribution < 1.29 is 22.8 Å². The molecule has 0 unspecified atom stereocenters. The van der Waals surface area contributed by atoms with Crippen molar-refractivity contribution in [1.29, 1.82) is 0 Å². The lowest BCUT2D eigenvalue weighted by Gasteiger charge is -2.35. The van der Waals surface area contributed by atoms with E-state index < -0.39 is 30.3 Å². The number of halogens is 3. The largest absolute Gasteiger partial charge is 0.391 e. The Balaban J connectivity index is 1.63. The number of carbonyl (C=O) groups is 2. The number of nitrogens with zero attached hydrogens (tertiary/aromatic N) is 4. The molecule has 4 heterocycles. The van der Waals surface area contributed by atoms with Gasteiger partial charge in [-0.25, -0.2) is 9.78 Å². The average molecular weight is 425 g/mol. The highest BCUT2D eigenvalue weighted by Gasteiger charge is 2.41. The van der Waals surface area contributed by atoms with Gasteiger partial charge in [0.1, 0.15) is 11.5 Å². The van der Waals surface area contributed by atoms with Crippen LogP contribution in [-0.2, 0) is 0 Å². The van der Waals surface area contributed by atoms with Crippen LogP contribution < -0.4 is 15.1 Å². The smallest absolute Gasteiger partial charge is 0.366 e. The summed E-state index contributed by atoms with van der Waals surface area (Å²) >= 11 is 1.20. The Kier molecular flexibility index (Phi) is 4.93. The van der Waals surface area contributed by atoms with Crippen molar-refractivity contribution in [1.82, 2.24) is 9.36 Å². The molecule has 4 rings (SSSR count). The number of urea groups is 1. The van der Waals surface area contributed by atoms with Gasteiger partial charge in [0.25, 0.3) is 0 Å². The summed E-state index contributed by atoms with van der Waals surface area (Å²) in [7, 11) is 0. The molecule has 0 aromatic carbocycles. The first-order chi connectivity index (χ1) is 13.7. The molecule has 1 N–H and O–H groups in total. The zero-order valence-corrected chi connectivity index (χ0v) is 16.3. The Labute approximate surface area is 168 Å². The van der Waals surface area contributed by atoms with Crippen molar-refractivity contribution in [2.24, 2.45) is 5.92 Å². The first kappa shape index (κ1) is 19.6. The van der Waals surface area contributed by atoms with E-state index in [9.17, 15) is 22.8 Å². The zero-order chi connectivity index (χ0) is 20.8. The van der Waals surface area contributed by atoms with Crippen LogP contribution in [-0.4, -0.2) is 46.5 Å². The first-order valence-corrected chi connectivity index (χ1v) is 9.94. The number of alkyl halides is 3. The summed E-state index contributed by atoms with van der Waals surface area (Å²) in [4.78, 5) is 33.1. The van der Waals surface area contributed by atoms with Gasteiger partial charge in [-0.2, -0.15) is 17.5 Å². The summed E-state index contributed by atoms with van der Waals surface area (Å²) in [5.41, 5.74) is 0.612. The summed E-state index contributed by atoms with van der Waals surface area (Å²) in [5.74, 6) is -1.77. The summed E-state index contributed by atoms with van der Waals surface area (Å²) in [5, 5.41) is 4.44. The number of anilines is 3. The van der Waals surface area contributed by atoms with Crippen molar-refractivity contribution in [3.8, 4) is 0 Å². The molecule has 2 aliphatic heterocycles.